The number of benzene rings is 1. The summed E-state index contributed by atoms with van der Waals surface area (Å²) in [4.78, 5) is 9.54. The summed E-state index contributed by atoms with van der Waals surface area (Å²) in [6.07, 6.45) is 0.929. The zero-order chi connectivity index (χ0) is 10.7. The van der Waals surface area contributed by atoms with Crippen LogP contribution in [-0.4, -0.2) is 18.2 Å². The Morgan fingerprint density at radius 2 is 2.29 bits per heavy atom. The Morgan fingerprint density at radius 3 is 2.71 bits per heavy atom. The molecule has 0 amide bonds. The predicted molar refractivity (Wildman–Crippen MR) is 50.5 cm³/mol. The smallest absolute Gasteiger partial charge is 0.305 e. The average molecular weight is 197 g/mol. The number of halogens is 1. The van der Waals surface area contributed by atoms with Gasteiger partial charge >= 0.3 is 5.69 Å². The lowest BCUT2D eigenvalue weighted by molar-refractivity contribution is -0.387. The van der Waals surface area contributed by atoms with Gasteiger partial charge in [-0.25, -0.2) is 0 Å². The normalized spacial score (nSPS) is 9.57. The van der Waals surface area contributed by atoms with Gasteiger partial charge in [-0.2, -0.15) is 4.39 Å². The summed E-state index contributed by atoms with van der Waals surface area (Å²) in [5.41, 5.74) is 0.00574. The number of hydrogen-bond acceptors (Lipinski definition) is 4. The molecular formula is C8H8FN3O2. The van der Waals surface area contributed by atoms with Crippen LogP contribution in [-0.2, 0) is 0 Å². The van der Waals surface area contributed by atoms with E-state index in [0.717, 1.165) is 18.3 Å². The number of nitrogens with one attached hydrogen (secondary N) is 2. The van der Waals surface area contributed by atoms with Gasteiger partial charge in [-0.1, -0.05) is 0 Å². The van der Waals surface area contributed by atoms with E-state index in [1.54, 1.807) is 7.05 Å². The van der Waals surface area contributed by atoms with Crippen LogP contribution < -0.4 is 5.32 Å². The fourth-order valence-corrected chi connectivity index (χ4v) is 1.05. The molecule has 14 heavy (non-hydrogen) atoms. The van der Waals surface area contributed by atoms with E-state index in [1.165, 1.54) is 0 Å². The number of nitro groups is 1. The van der Waals surface area contributed by atoms with Gasteiger partial charge in [0.1, 0.15) is 0 Å². The fraction of sp³-hybridized carbons (Fsp3) is 0.125. The first-order valence-corrected chi connectivity index (χ1v) is 3.76. The molecule has 0 aliphatic heterocycles. The molecule has 0 aliphatic carbocycles. The zero-order valence-corrected chi connectivity index (χ0v) is 7.37. The van der Waals surface area contributed by atoms with Gasteiger partial charge < -0.3 is 10.7 Å². The van der Waals surface area contributed by atoms with E-state index >= 15 is 0 Å². The van der Waals surface area contributed by atoms with Gasteiger partial charge in [0, 0.05) is 36.6 Å². The Hall–Kier alpha value is -1.98. The van der Waals surface area contributed by atoms with Gasteiger partial charge in [0.15, 0.2) is 0 Å². The van der Waals surface area contributed by atoms with Gasteiger partial charge in [-0.3, -0.25) is 10.1 Å². The van der Waals surface area contributed by atoms with Crippen molar-refractivity contribution < 1.29 is 9.31 Å². The fourth-order valence-electron chi connectivity index (χ4n) is 1.05. The lowest BCUT2D eigenvalue weighted by atomic mass is 10.1. The summed E-state index contributed by atoms with van der Waals surface area (Å²) >= 11 is 0. The maximum atomic E-state index is 13.0. The van der Waals surface area contributed by atoms with E-state index < -0.39 is 16.4 Å². The summed E-state index contributed by atoms with van der Waals surface area (Å²) in [5.74, 6) is -0.912. The van der Waals surface area contributed by atoms with E-state index in [4.69, 9.17) is 5.41 Å². The van der Waals surface area contributed by atoms with Crippen molar-refractivity contribution in [2.45, 2.75) is 0 Å². The van der Waals surface area contributed by atoms with Crippen molar-refractivity contribution in [3.05, 3.63) is 33.6 Å². The number of rotatable bonds is 3. The van der Waals surface area contributed by atoms with Gasteiger partial charge in [0.25, 0.3) is 0 Å². The molecule has 2 N–H and O–H groups in total. The lowest BCUT2D eigenvalue weighted by Gasteiger charge is -2.04. The van der Waals surface area contributed by atoms with Crippen LogP contribution in [0.1, 0.15) is 5.56 Å². The molecule has 1 aromatic carbocycles. The largest absolute Gasteiger partial charge is 0.388 e. The highest BCUT2D eigenvalue weighted by Crippen LogP contribution is 2.24. The molecule has 1 aromatic rings. The number of nitro benzene ring substituents is 1. The number of anilines is 1. The minimum Gasteiger partial charge on any atom is -0.388 e. The molecule has 0 saturated heterocycles. The van der Waals surface area contributed by atoms with E-state index in [0.29, 0.717) is 5.69 Å². The Bertz CT molecular complexity index is 392. The monoisotopic (exact) mass is 197 g/mol. The summed E-state index contributed by atoms with van der Waals surface area (Å²) < 4.78 is 13.0. The third-order valence-electron chi connectivity index (χ3n) is 1.74. The highest BCUT2D eigenvalue weighted by molar-refractivity contribution is 5.87. The second kappa shape index (κ2) is 3.82. The van der Waals surface area contributed by atoms with Crippen LogP contribution in [0.25, 0.3) is 0 Å². The standard InChI is InChI=1S/C8H8FN3O2/c1-11-7-3-6(9)8(12(13)14)2-5(7)4-10/h2-4,10-11H,1H3. The zero-order valence-electron chi connectivity index (χ0n) is 7.37. The predicted octanol–water partition coefficient (Wildman–Crippen LogP) is 1.77. The molecule has 0 atom stereocenters. The maximum Gasteiger partial charge on any atom is 0.305 e. The van der Waals surface area contributed by atoms with Gasteiger partial charge in [-0.05, 0) is 0 Å². The second-order valence-corrected chi connectivity index (χ2v) is 2.54. The second-order valence-electron chi connectivity index (χ2n) is 2.54. The molecule has 0 bridgehead atoms. The third-order valence-corrected chi connectivity index (χ3v) is 1.74. The topological polar surface area (TPSA) is 79.0 Å². The molecule has 0 unspecified atom stereocenters. The Labute approximate surface area is 79.2 Å². The first-order chi connectivity index (χ1) is 6.60. The van der Waals surface area contributed by atoms with Crippen LogP contribution in [0.3, 0.4) is 0 Å². The molecule has 0 saturated carbocycles. The highest BCUT2D eigenvalue weighted by atomic mass is 19.1. The summed E-state index contributed by atoms with van der Waals surface area (Å²) in [6.45, 7) is 0. The average Bonchev–Trinajstić information content (AvgIpc) is 2.16. The van der Waals surface area contributed by atoms with Crippen molar-refractivity contribution >= 4 is 17.6 Å². The van der Waals surface area contributed by atoms with E-state index in [2.05, 4.69) is 5.32 Å². The molecule has 6 heteroatoms. The van der Waals surface area contributed by atoms with Crippen LogP contribution >= 0.6 is 0 Å². The molecule has 0 aliphatic rings. The molecule has 5 nitrogen and oxygen atoms in total. The summed E-state index contributed by atoms with van der Waals surface area (Å²) in [6, 6.07) is 2.02. The SMILES string of the molecule is CNc1cc(F)c([N+](=O)[O-])cc1C=N. The summed E-state index contributed by atoms with van der Waals surface area (Å²) in [5, 5.41) is 20.0. The molecular weight excluding hydrogens is 189 g/mol. The van der Waals surface area contributed by atoms with Crippen molar-refractivity contribution in [2.24, 2.45) is 0 Å². The van der Waals surface area contributed by atoms with Crippen LogP contribution in [0.4, 0.5) is 15.8 Å². The molecule has 0 radical (unpaired) electrons. The quantitative estimate of drug-likeness (QED) is 0.440. The van der Waals surface area contributed by atoms with Gasteiger partial charge in [0.05, 0.1) is 4.92 Å². The molecule has 74 valence electrons. The van der Waals surface area contributed by atoms with E-state index in [-0.39, 0.29) is 5.56 Å². The minimum atomic E-state index is -0.912. The van der Waals surface area contributed by atoms with E-state index in [9.17, 15) is 14.5 Å². The molecule has 0 aromatic heterocycles. The third kappa shape index (κ3) is 1.68. The number of nitrogens with zero attached hydrogens (tertiary/aromatic N) is 1. The molecule has 0 fully saturated rings. The Balaban J connectivity index is 3.37. The van der Waals surface area contributed by atoms with Crippen LogP contribution in [0, 0.1) is 21.3 Å². The maximum absolute atomic E-state index is 13.0. The van der Waals surface area contributed by atoms with Gasteiger partial charge in [-0.15, -0.1) is 0 Å². The van der Waals surface area contributed by atoms with Crippen LogP contribution in [0.5, 0.6) is 0 Å². The Kier molecular flexibility index (Phi) is 2.76. The van der Waals surface area contributed by atoms with Gasteiger partial charge in [0.2, 0.25) is 5.82 Å². The van der Waals surface area contributed by atoms with Crippen LogP contribution in [0.2, 0.25) is 0 Å². The first-order valence-electron chi connectivity index (χ1n) is 3.76. The van der Waals surface area contributed by atoms with Crippen molar-refractivity contribution in [3.63, 3.8) is 0 Å². The lowest BCUT2D eigenvalue weighted by Crippen LogP contribution is -1.99. The molecule has 0 heterocycles. The molecule has 0 spiro atoms. The molecule has 1 rings (SSSR count). The van der Waals surface area contributed by atoms with Crippen molar-refractivity contribution in [3.8, 4) is 0 Å². The van der Waals surface area contributed by atoms with Crippen molar-refractivity contribution in [1.29, 1.82) is 5.41 Å². The van der Waals surface area contributed by atoms with E-state index in [1.807, 2.05) is 0 Å². The number of hydrogen-bond donors (Lipinski definition) is 2. The van der Waals surface area contributed by atoms with Crippen LogP contribution in [0.15, 0.2) is 12.1 Å². The van der Waals surface area contributed by atoms with Crippen molar-refractivity contribution in [1.82, 2.24) is 0 Å². The van der Waals surface area contributed by atoms with Crippen molar-refractivity contribution in [2.75, 3.05) is 12.4 Å². The minimum absolute atomic E-state index is 0.278. The highest BCUT2D eigenvalue weighted by Gasteiger charge is 2.16. The first kappa shape index (κ1) is 10.1. The Morgan fingerprint density at radius 1 is 1.64 bits per heavy atom. The summed E-state index contributed by atoms with van der Waals surface area (Å²) in [7, 11) is 1.55.